The summed E-state index contributed by atoms with van der Waals surface area (Å²) in [6.07, 6.45) is 0. The molecular formula is C9H17N3O2S. The van der Waals surface area contributed by atoms with Gasteiger partial charge in [-0.05, 0) is 14.0 Å². The molecule has 1 heterocycles. The van der Waals surface area contributed by atoms with Crippen LogP contribution < -0.4 is 4.74 Å². The first-order valence-corrected chi connectivity index (χ1v) is 5.62. The molecule has 0 atom stereocenters. The number of ether oxygens (including phenoxy) is 2. The number of rotatable bonds is 7. The Labute approximate surface area is 94.3 Å². The van der Waals surface area contributed by atoms with Gasteiger partial charge in [-0.2, -0.15) is 4.37 Å². The lowest BCUT2D eigenvalue weighted by atomic mass is 10.4. The minimum Gasteiger partial charge on any atom is -0.479 e. The molecule has 0 fully saturated rings. The third-order valence-corrected chi connectivity index (χ3v) is 2.51. The highest BCUT2D eigenvalue weighted by atomic mass is 32.1. The van der Waals surface area contributed by atoms with Crippen LogP contribution in [0.3, 0.4) is 0 Å². The van der Waals surface area contributed by atoms with Crippen molar-refractivity contribution in [3.8, 4) is 5.88 Å². The van der Waals surface area contributed by atoms with E-state index < -0.39 is 0 Å². The zero-order valence-electron chi connectivity index (χ0n) is 9.39. The van der Waals surface area contributed by atoms with Gasteiger partial charge in [0.05, 0.1) is 25.4 Å². The van der Waals surface area contributed by atoms with E-state index in [0.717, 1.165) is 32.0 Å². The van der Waals surface area contributed by atoms with E-state index in [9.17, 15) is 0 Å². The van der Waals surface area contributed by atoms with E-state index in [1.165, 1.54) is 11.7 Å². The lowest BCUT2D eigenvalue weighted by molar-refractivity contribution is 0.119. The molecule has 0 aliphatic carbocycles. The van der Waals surface area contributed by atoms with Gasteiger partial charge in [0, 0.05) is 19.7 Å². The summed E-state index contributed by atoms with van der Waals surface area (Å²) in [5.74, 6) is 0.628. The lowest BCUT2D eigenvalue weighted by Gasteiger charge is -2.14. The Kier molecular flexibility index (Phi) is 5.52. The highest BCUT2D eigenvalue weighted by molar-refractivity contribution is 6.99. The molecule has 0 saturated heterocycles. The predicted octanol–water partition coefficient (Wildman–Crippen LogP) is 1.02. The number of hydrogen-bond acceptors (Lipinski definition) is 6. The summed E-state index contributed by atoms with van der Waals surface area (Å²) >= 11 is 1.18. The van der Waals surface area contributed by atoms with Crippen molar-refractivity contribution in [2.45, 2.75) is 13.5 Å². The maximum absolute atomic E-state index is 5.27. The maximum atomic E-state index is 5.27. The molecule has 0 radical (unpaired) electrons. The molecule has 0 amide bonds. The number of hydrogen-bond donors (Lipinski definition) is 0. The van der Waals surface area contributed by atoms with Crippen molar-refractivity contribution in [3.05, 3.63) is 5.69 Å². The first kappa shape index (κ1) is 12.4. The van der Waals surface area contributed by atoms with Crippen LogP contribution in [0.4, 0.5) is 0 Å². The molecule has 0 saturated carbocycles. The zero-order chi connectivity index (χ0) is 11.1. The predicted molar refractivity (Wildman–Crippen MR) is 59.3 cm³/mol. The number of nitrogens with zero attached hydrogens (tertiary/aromatic N) is 3. The van der Waals surface area contributed by atoms with Gasteiger partial charge in [-0.3, -0.25) is 4.90 Å². The third kappa shape index (κ3) is 4.11. The fraction of sp³-hybridized carbons (Fsp3) is 0.778. The average molecular weight is 231 g/mol. The smallest absolute Gasteiger partial charge is 0.250 e. The molecule has 15 heavy (non-hydrogen) atoms. The minimum absolute atomic E-state index is 0.628. The molecule has 0 aromatic carbocycles. The first-order chi connectivity index (χ1) is 7.27. The maximum Gasteiger partial charge on any atom is 0.250 e. The molecule has 1 rings (SSSR count). The van der Waals surface area contributed by atoms with E-state index in [1.807, 2.05) is 14.0 Å². The second-order valence-corrected chi connectivity index (χ2v) is 3.68. The van der Waals surface area contributed by atoms with Gasteiger partial charge in [0.1, 0.15) is 5.69 Å². The van der Waals surface area contributed by atoms with Crippen molar-refractivity contribution in [1.29, 1.82) is 0 Å². The van der Waals surface area contributed by atoms with E-state index >= 15 is 0 Å². The Morgan fingerprint density at radius 2 is 2.20 bits per heavy atom. The summed E-state index contributed by atoms with van der Waals surface area (Å²) in [7, 11) is 3.64. The molecule has 86 valence electrons. The van der Waals surface area contributed by atoms with Crippen molar-refractivity contribution in [3.63, 3.8) is 0 Å². The molecule has 0 aliphatic rings. The van der Waals surface area contributed by atoms with Crippen LogP contribution in [0.1, 0.15) is 12.6 Å². The molecule has 0 unspecified atom stereocenters. The highest BCUT2D eigenvalue weighted by Crippen LogP contribution is 2.15. The highest BCUT2D eigenvalue weighted by Gasteiger charge is 2.10. The van der Waals surface area contributed by atoms with Crippen LogP contribution in [0, 0.1) is 0 Å². The van der Waals surface area contributed by atoms with E-state index in [-0.39, 0.29) is 0 Å². The fourth-order valence-corrected chi connectivity index (χ4v) is 1.68. The summed E-state index contributed by atoms with van der Waals surface area (Å²) in [4.78, 5) is 2.13. The van der Waals surface area contributed by atoms with Crippen LogP contribution in [0.5, 0.6) is 5.88 Å². The van der Waals surface area contributed by atoms with Crippen LogP contribution in [0.2, 0.25) is 0 Å². The van der Waals surface area contributed by atoms with Gasteiger partial charge in [-0.1, -0.05) is 0 Å². The molecule has 1 aromatic rings. The minimum atomic E-state index is 0.628. The van der Waals surface area contributed by atoms with Crippen LogP contribution in [0.15, 0.2) is 0 Å². The van der Waals surface area contributed by atoms with Crippen LogP contribution >= 0.6 is 11.7 Å². The lowest BCUT2D eigenvalue weighted by Crippen LogP contribution is -2.23. The monoisotopic (exact) mass is 231 g/mol. The van der Waals surface area contributed by atoms with E-state index in [4.69, 9.17) is 9.47 Å². The fourth-order valence-electron chi connectivity index (χ4n) is 1.15. The quantitative estimate of drug-likeness (QED) is 0.656. The molecule has 6 heteroatoms. The molecule has 5 nitrogen and oxygen atoms in total. The summed E-state index contributed by atoms with van der Waals surface area (Å²) in [5.41, 5.74) is 0.890. The molecule has 0 spiro atoms. The summed E-state index contributed by atoms with van der Waals surface area (Å²) in [6, 6.07) is 0. The van der Waals surface area contributed by atoms with Crippen molar-refractivity contribution < 1.29 is 9.47 Å². The van der Waals surface area contributed by atoms with Gasteiger partial charge in [-0.15, -0.1) is 4.37 Å². The van der Waals surface area contributed by atoms with E-state index in [1.54, 1.807) is 7.11 Å². The van der Waals surface area contributed by atoms with Gasteiger partial charge in [0.15, 0.2) is 0 Å². The van der Waals surface area contributed by atoms with Crippen LogP contribution in [-0.2, 0) is 11.3 Å². The summed E-state index contributed by atoms with van der Waals surface area (Å²) in [5, 5.41) is 0. The number of aromatic nitrogens is 2. The Bertz CT molecular complexity index is 280. The van der Waals surface area contributed by atoms with Crippen molar-refractivity contribution in [1.82, 2.24) is 13.6 Å². The van der Waals surface area contributed by atoms with Gasteiger partial charge in [0.2, 0.25) is 5.88 Å². The Morgan fingerprint density at radius 3 is 2.87 bits per heavy atom. The van der Waals surface area contributed by atoms with Crippen LogP contribution in [-0.4, -0.2) is 47.6 Å². The normalized spacial score (nSPS) is 10.9. The topological polar surface area (TPSA) is 47.5 Å². The second kappa shape index (κ2) is 6.71. The van der Waals surface area contributed by atoms with Gasteiger partial charge in [-0.25, -0.2) is 0 Å². The average Bonchev–Trinajstić information content (AvgIpc) is 2.65. The molecule has 1 aromatic heterocycles. The number of methoxy groups -OCH3 is 1. The standard InChI is InChI=1S/C9H17N3O2S/c1-4-14-6-5-12(2)7-8-9(13-3)11-15-10-8/h4-7H2,1-3H3. The van der Waals surface area contributed by atoms with Gasteiger partial charge >= 0.3 is 0 Å². The Morgan fingerprint density at radius 1 is 1.40 bits per heavy atom. The molecular weight excluding hydrogens is 214 g/mol. The van der Waals surface area contributed by atoms with Crippen molar-refractivity contribution >= 4 is 11.7 Å². The summed E-state index contributed by atoms with van der Waals surface area (Å²) in [6.45, 7) is 5.12. The Balaban J connectivity index is 2.33. The van der Waals surface area contributed by atoms with Gasteiger partial charge < -0.3 is 9.47 Å². The van der Waals surface area contributed by atoms with Crippen molar-refractivity contribution in [2.24, 2.45) is 0 Å². The largest absolute Gasteiger partial charge is 0.479 e. The van der Waals surface area contributed by atoms with E-state index in [2.05, 4.69) is 13.6 Å². The second-order valence-electron chi connectivity index (χ2n) is 3.15. The molecule has 0 aliphatic heterocycles. The third-order valence-electron chi connectivity index (χ3n) is 1.96. The molecule has 0 N–H and O–H groups in total. The number of likely N-dealkylation sites (N-methyl/N-ethyl adjacent to an activating group) is 1. The van der Waals surface area contributed by atoms with Gasteiger partial charge in [0.25, 0.3) is 0 Å². The van der Waals surface area contributed by atoms with Crippen LogP contribution in [0.25, 0.3) is 0 Å². The SMILES string of the molecule is CCOCCN(C)Cc1nsnc1OC. The summed E-state index contributed by atoms with van der Waals surface area (Å²) < 4.78 is 18.6. The first-order valence-electron chi connectivity index (χ1n) is 4.89. The Hall–Kier alpha value is -0.720. The van der Waals surface area contributed by atoms with E-state index in [0.29, 0.717) is 5.88 Å². The zero-order valence-corrected chi connectivity index (χ0v) is 10.2. The van der Waals surface area contributed by atoms with Crippen molar-refractivity contribution in [2.75, 3.05) is 33.9 Å². The molecule has 0 bridgehead atoms.